The van der Waals surface area contributed by atoms with Gasteiger partial charge < -0.3 is 26.2 Å². The Labute approximate surface area is 262 Å². The number of nitrogens with zero attached hydrogens (tertiary/aromatic N) is 8. The van der Waals surface area contributed by atoms with Gasteiger partial charge in [0.25, 0.3) is 0 Å². The van der Waals surface area contributed by atoms with E-state index in [0.29, 0.717) is 30.7 Å². The number of hydrogen-bond acceptors (Lipinski definition) is 9. The highest BCUT2D eigenvalue weighted by Crippen LogP contribution is 2.27. The first-order valence-corrected chi connectivity index (χ1v) is 15.5. The van der Waals surface area contributed by atoms with Crippen molar-refractivity contribution in [2.45, 2.75) is 45.2 Å². The van der Waals surface area contributed by atoms with Crippen molar-refractivity contribution < 1.29 is 4.79 Å². The van der Waals surface area contributed by atoms with Gasteiger partial charge in [0.2, 0.25) is 17.8 Å². The molecule has 234 valence electrons. The zero-order chi connectivity index (χ0) is 31.5. The van der Waals surface area contributed by atoms with Gasteiger partial charge in [-0.05, 0) is 50.6 Å². The van der Waals surface area contributed by atoms with Gasteiger partial charge in [-0.25, -0.2) is 4.68 Å². The van der Waals surface area contributed by atoms with E-state index < -0.39 is 0 Å². The summed E-state index contributed by atoms with van der Waals surface area (Å²) < 4.78 is 3.66. The Morgan fingerprint density at radius 3 is 2.69 bits per heavy atom. The van der Waals surface area contributed by atoms with Crippen LogP contribution in [0.2, 0.25) is 0 Å². The number of para-hydroxylation sites is 1. The topological polar surface area (TPSA) is 135 Å². The predicted molar refractivity (Wildman–Crippen MR) is 179 cm³/mol. The second kappa shape index (κ2) is 13.0. The van der Waals surface area contributed by atoms with E-state index in [1.54, 1.807) is 10.6 Å². The Hall–Kier alpha value is -4.81. The van der Waals surface area contributed by atoms with Gasteiger partial charge in [0.1, 0.15) is 5.52 Å². The molecule has 45 heavy (non-hydrogen) atoms. The summed E-state index contributed by atoms with van der Waals surface area (Å²) >= 11 is 0. The second-order valence-corrected chi connectivity index (χ2v) is 12.1. The summed E-state index contributed by atoms with van der Waals surface area (Å²) in [6.45, 7) is 7.12. The largest absolute Gasteiger partial charge is 0.350 e. The molecule has 2 aromatic carbocycles. The molecule has 3 aromatic heterocycles. The van der Waals surface area contributed by atoms with Crippen LogP contribution in [-0.2, 0) is 11.3 Å². The van der Waals surface area contributed by atoms with Crippen molar-refractivity contribution in [2.24, 2.45) is 5.73 Å². The molecule has 0 bridgehead atoms. The molecule has 5 aromatic rings. The average Bonchev–Trinajstić information content (AvgIpc) is 3.66. The molecule has 0 saturated carbocycles. The van der Waals surface area contributed by atoms with Crippen molar-refractivity contribution in [1.29, 1.82) is 0 Å². The van der Waals surface area contributed by atoms with Crippen LogP contribution in [0.3, 0.4) is 0 Å². The fourth-order valence-electron chi connectivity index (χ4n) is 5.52. The third-order valence-electron chi connectivity index (χ3n) is 8.04. The number of rotatable bonds is 10. The minimum Gasteiger partial charge on any atom is -0.350 e. The lowest BCUT2D eigenvalue weighted by molar-refractivity contribution is -0.111. The Morgan fingerprint density at radius 2 is 1.91 bits per heavy atom. The highest BCUT2D eigenvalue weighted by molar-refractivity contribution is 6.04. The Kier molecular flexibility index (Phi) is 8.76. The molecule has 4 N–H and O–H groups in total. The van der Waals surface area contributed by atoms with Crippen LogP contribution in [0, 0.1) is 0 Å². The molecule has 0 unspecified atom stereocenters. The SMILES string of the molecule is CC(C)c1cnn2c(NCc3ccccc3-n3cc4cccc(NC(=O)/C=C/CN(C)C)c4n3)nc(N3CCC(N)CC3)nc12. The van der Waals surface area contributed by atoms with Gasteiger partial charge in [0, 0.05) is 55.4 Å². The van der Waals surface area contributed by atoms with Gasteiger partial charge in [0.05, 0.1) is 17.6 Å². The summed E-state index contributed by atoms with van der Waals surface area (Å²) in [6.07, 6.45) is 9.08. The molecule has 1 aliphatic heterocycles. The summed E-state index contributed by atoms with van der Waals surface area (Å²) in [7, 11) is 3.92. The Morgan fingerprint density at radius 1 is 1.11 bits per heavy atom. The molecule has 12 heteroatoms. The van der Waals surface area contributed by atoms with Crippen LogP contribution in [0.4, 0.5) is 17.6 Å². The predicted octanol–water partition coefficient (Wildman–Crippen LogP) is 4.18. The maximum Gasteiger partial charge on any atom is 0.248 e. The number of carbonyl (C=O) groups is 1. The molecule has 1 amide bonds. The fraction of sp³-hybridized carbons (Fsp3) is 0.364. The smallest absolute Gasteiger partial charge is 0.248 e. The number of piperidine rings is 1. The van der Waals surface area contributed by atoms with Crippen molar-refractivity contribution in [3.63, 3.8) is 0 Å². The van der Waals surface area contributed by atoms with Crippen LogP contribution in [0.25, 0.3) is 22.2 Å². The number of aromatic nitrogens is 6. The lowest BCUT2D eigenvalue weighted by atomic mass is 10.1. The first kappa shape index (κ1) is 30.2. The van der Waals surface area contributed by atoms with Crippen molar-refractivity contribution >= 4 is 40.0 Å². The minimum absolute atomic E-state index is 0.189. The summed E-state index contributed by atoms with van der Waals surface area (Å²) in [5.74, 6) is 1.40. The quantitative estimate of drug-likeness (QED) is 0.200. The zero-order valence-electron chi connectivity index (χ0n) is 26.3. The highest BCUT2D eigenvalue weighted by Gasteiger charge is 2.22. The van der Waals surface area contributed by atoms with Gasteiger partial charge in [-0.2, -0.15) is 24.7 Å². The number of hydrogen-bond donors (Lipinski definition) is 3. The number of nitrogens with one attached hydrogen (secondary N) is 2. The van der Waals surface area contributed by atoms with Gasteiger partial charge in [0.15, 0.2) is 5.65 Å². The standard InChI is InChI=1S/C33H41N11O/c1-22(2)26-20-36-44-31(26)38-33(42-17-14-25(34)15-18-42)39-32(44)35-19-23-9-5-6-12-28(23)43-21-24-10-7-11-27(30(24)40-43)37-29(45)13-8-16-41(3)4/h5-13,20-22,25H,14-19,34H2,1-4H3,(H,37,45)(H,35,38,39)/b13-8+. The summed E-state index contributed by atoms with van der Waals surface area (Å²) in [4.78, 5) is 26.7. The Balaban J connectivity index is 1.28. The van der Waals surface area contributed by atoms with Gasteiger partial charge >= 0.3 is 0 Å². The lowest BCUT2D eigenvalue weighted by Gasteiger charge is -2.30. The number of carbonyl (C=O) groups excluding carboxylic acids is 1. The first-order valence-electron chi connectivity index (χ1n) is 15.5. The van der Waals surface area contributed by atoms with Crippen LogP contribution >= 0.6 is 0 Å². The maximum atomic E-state index is 12.6. The molecule has 4 heterocycles. The van der Waals surface area contributed by atoms with Crippen LogP contribution < -0.4 is 21.3 Å². The number of fused-ring (bicyclic) bond motifs is 2. The lowest BCUT2D eigenvalue weighted by Crippen LogP contribution is -2.40. The van der Waals surface area contributed by atoms with E-state index in [0.717, 1.165) is 59.3 Å². The van der Waals surface area contributed by atoms with E-state index in [2.05, 4.69) is 40.5 Å². The molecular formula is C33H41N11O. The second-order valence-electron chi connectivity index (χ2n) is 12.1. The summed E-state index contributed by atoms with van der Waals surface area (Å²) in [5, 5.41) is 17.0. The molecule has 0 atom stereocenters. The van der Waals surface area contributed by atoms with Crippen LogP contribution in [0.1, 0.15) is 43.7 Å². The van der Waals surface area contributed by atoms with Crippen molar-refractivity contribution in [1.82, 2.24) is 34.3 Å². The van der Waals surface area contributed by atoms with Gasteiger partial charge in [-0.1, -0.05) is 50.3 Å². The van der Waals surface area contributed by atoms with E-state index in [9.17, 15) is 4.79 Å². The maximum absolute atomic E-state index is 12.6. The summed E-state index contributed by atoms with van der Waals surface area (Å²) in [6, 6.07) is 14.1. The fourth-order valence-corrected chi connectivity index (χ4v) is 5.52. The first-order chi connectivity index (χ1) is 21.8. The molecule has 1 fully saturated rings. The van der Waals surface area contributed by atoms with E-state index in [1.807, 2.05) is 78.5 Å². The monoisotopic (exact) mass is 607 g/mol. The van der Waals surface area contributed by atoms with E-state index in [-0.39, 0.29) is 17.9 Å². The van der Waals surface area contributed by atoms with Crippen LogP contribution in [-0.4, -0.2) is 79.9 Å². The molecule has 1 saturated heterocycles. The molecule has 6 rings (SSSR count). The van der Waals surface area contributed by atoms with Crippen molar-refractivity contribution in [3.05, 3.63) is 78.1 Å². The van der Waals surface area contributed by atoms with Crippen LogP contribution in [0.5, 0.6) is 0 Å². The normalized spacial score (nSPS) is 14.4. The third-order valence-corrected chi connectivity index (χ3v) is 8.04. The van der Waals surface area contributed by atoms with Crippen molar-refractivity contribution in [2.75, 3.05) is 49.3 Å². The highest BCUT2D eigenvalue weighted by atomic mass is 16.1. The Bertz CT molecular complexity index is 1830. The molecule has 0 radical (unpaired) electrons. The average molecular weight is 608 g/mol. The molecule has 1 aliphatic rings. The number of anilines is 3. The number of likely N-dealkylation sites (N-methyl/N-ethyl adjacent to an activating group) is 1. The van der Waals surface area contributed by atoms with Gasteiger partial charge in [-0.15, -0.1) is 0 Å². The van der Waals surface area contributed by atoms with Crippen molar-refractivity contribution in [3.8, 4) is 5.69 Å². The molecule has 0 spiro atoms. The third kappa shape index (κ3) is 6.66. The minimum atomic E-state index is -0.189. The van der Waals surface area contributed by atoms with Gasteiger partial charge in [-0.3, -0.25) is 4.79 Å². The number of amides is 1. The molecule has 0 aliphatic carbocycles. The van der Waals surface area contributed by atoms with Crippen LogP contribution in [0.15, 0.2) is 67.0 Å². The zero-order valence-corrected chi connectivity index (χ0v) is 26.3. The summed E-state index contributed by atoms with van der Waals surface area (Å²) in [5.41, 5.74) is 11.4. The van der Waals surface area contributed by atoms with E-state index in [1.165, 1.54) is 0 Å². The molecule has 12 nitrogen and oxygen atoms in total. The molecular weight excluding hydrogens is 566 g/mol. The van der Waals surface area contributed by atoms with E-state index in [4.69, 9.17) is 20.8 Å². The van der Waals surface area contributed by atoms with E-state index >= 15 is 0 Å². The number of nitrogens with two attached hydrogens (primary N) is 1. The number of benzene rings is 2.